The van der Waals surface area contributed by atoms with E-state index in [0.717, 1.165) is 50.4 Å². The number of nitrogens with zero attached hydrogens (tertiary/aromatic N) is 3. The van der Waals surface area contributed by atoms with Crippen molar-refractivity contribution in [1.82, 2.24) is 9.88 Å². The summed E-state index contributed by atoms with van der Waals surface area (Å²) in [6.07, 6.45) is 5.45. The first kappa shape index (κ1) is 24.6. The molecular formula is C24H28ClF3N4O2S. The summed E-state index contributed by atoms with van der Waals surface area (Å²) in [6, 6.07) is 4.86. The molecule has 0 amide bonds. The molecule has 3 aliphatic rings. The summed E-state index contributed by atoms with van der Waals surface area (Å²) >= 11 is 6.28. The SMILES string of the molecule is CC1CCN([C@H]2CC[C@@]23CCN(c2cc(F)c(S(=O)(=O)Nc4cccc(F)n4)c(F)c2Cl)C3)CC1. The van der Waals surface area contributed by atoms with E-state index in [9.17, 15) is 12.8 Å². The minimum Gasteiger partial charge on any atom is -0.370 e. The third-order valence-corrected chi connectivity index (χ3v) is 9.68. The van der Waals surface area contributed by atoms with Crippen LogP contribution in [0.15, 0.2) is 29.2 Å². The van der Waals surface area contributed by atoms with Crippen molar-refractivity contribution in [2.75, 3.05) is 35.8 Å². The molecule has 6 nitrogen and oxygen atoms in total. The maximum atomic E-state index is 15.2. The van der Waals surface area contributed by atoms with Gasteiger partial charge in [0, 0.05) is 30.6 Å². The second kappa shape index (κ2) is 9.12. The molecule has 3 heterocycles. The normalized spacial score (nSPS) is 25.7. The Hall–Kier alpha value is -2.04. The summed E-state index contributed by atoms with van der Waals surface area (Å²) in [7, 11) is -4.74. The monoisotopic (exact) mass is 528 g/mol. The zero-order chi connectivity index (χ0) is 25.0. The number of anilines is 2. The van der Waals surface area contributed by atoms with Gasteiger partial charge in [-0.05, 0) is 63.2 Å². The van der Waals surface area contributed by atoms with Crippen molar-refractivity contribution in [2.24, 2.45) is 11.3 Å². The van der Waals surface area contributed by atoms with Crippen LogP contribution in [0.5, 0.6) is 0 Å². The first-order valence-corrected chi connectivity index (χ1v) is 13.8. The lowest BCUT2D eigenvalue weighted by molar-refractivity contribution is -0.0266. The third kappa shape index (κ3) is 4.49. The molecule has 3 fully saturated rings. The molecule has 11 heteroatoms. The van der Waals surface area contributed by atoms with Gasteiger partial charge >= 0.3 is 0 Å². The number of sulfonamides is 1. The second-order valence-electron chi connectivity index (χ2n) is 10.1. The van der Waals surface area contributed by atoms with Gasteiger partial charge < -0.3 is 4.90 Å². The summed E-state index contributed by atoms with van der Waals surface area (Å²) in [6.45, 7) is 5.66. The van der Waals surface area contributed by atoms with Gasteiger partial charge in [0.1, 0.15) is 16.7 Å². The minimum absolute atomic E-state index is 0.0617. The largest absolute Gasteiger partial charge is 0.370 e. The molecule has 2 atom stereocenters. The lowest BCUT2D eigenvalue weighted by atomic mass is 9.62. The molecule has 35 heavy (non-hydrogen) atoms. The van der Waals surface area contributed by atoms with Crippen molar-refractivity contribution in [3.63, 3.8) is 0 Å². The number of piperidine rings is 1. The standard InChI is InChI=1S/C24H28ClF3N4O2S/c1-15-6-10-31(11-7-15)18-5-8-24(18)9-12-32(14-24)17-13-16(26)23(22(28)21(17)25)35(33,34)30-20-4-2-3-19(27)29-20/h2-4,13,15,18H,5-12,14H2,1H3,(H,29,30)/t18-,24-/m0/s1. The van der Waals surface area contributed by atoms with Crippen LogP contribution in [0.2, 0.25) is 5.02 Å². The number of hydrogen-bond acceptors (Lipinski definition) is 5. The minimum atomic E-state index is -4.74. The van der Waals surface area contributed by atoms with Crippen LogP contribution in [0, 0.1) is 28.9 Å². The van der Waals surface area contributed by atoms with Crippen molar-refractivity contribution in [3.05, 3.63) is 46.9 Å². The molecule has 1 N–H and O–H groups in total. The van der Waals surface area contributed by atoms with E-state index in [0.29, 0.717) is 19.1 Å². The summed E-state index contributed by atoms with van der Waals surface area (Å²) in [5.74, 6) is -3.22. The molecule has 1 spiro atoms. The number of nitrogens with one attached hydrogen (secondary N) is 1. The Morgan fingerprint density at radius 3 is 2.51 bits per heavy atom. The Morgan fingerprint density at radius 1 is 1.11 bits per heavy atom. The lowest BCUT2D eigenvalue weighted by Gasteiger charge is -2.54. The number of halogens is 4. The van der Waals surface area contributed by atoms with E-state index in [1.165, 1.54) is 25.0 Å². The van der Waals surface area contributed by atoms with Gasteiger partial charge in [0.2, 0.25) is 5.95 Å². The smallest absolute Gasteiger partial charge is 0.268 e. The first-order chi connectivity index (χ1) is 16.6. The van der Waals surface area contributed by atoms with Crippen LogP contribution in [0.25, 0.3) is 0 Å². The number of pyridine rings is 1. The molecule has 1 aliphatic carbocycles. The molecule has 2 aromatic rings. The summed E-state index contributed by atoms with van der Waals surface area (Å²) in [5, 5.41) is -0.446. The van der Waals surface area contributed by atoms with E-state index in [4.69, 9.17) is 11.6 Å². The molecule has 1 saturated carbocycles. The topological polar surface area (TPSA) is 65.5 Å². The molecule has 0 unspecified atom stereocenters. The van der Waals surface area contributed by atoms with Crippen LogP contribution in [-0.4, -0.2) is 50.5 Å². The van der Waals surface area contributed by atoms with E-state index in [1.807, 2.05) is 9.62 Å². The Balaban J connectivity index is 1.37. The molecule has 2 saturated heterocycles. The van der Waals surface area contributed by atoms with Gasteiger partial charge in [0.15, 0.2) is 10.7 Å². The highest BCUT2D eigenvalue weighted by Gasteiger charge is 2.53. The van der Waals surface area contributed by atoms with Crippen LogP contribution in [0.1, 0.15) is 39.0 Å². The fourth-order valence-corrected chi connectivity index (χ4v) is 7.33. The summed E-state index contributed by atoms with van der Waals surface area (Å²) < 4.78 is 71.0. The number of rotatable bonds is 5. The van der Waals surface area contributed by atoms with E-state index < -0.39 is 43.3 Å². The zero-order valence-electron chi connectivity index (χ0n) is 19.4. The Morgan fingerprint density at radius 2 is 1.86 bits per heavy atom. The van der Waals surface area contributed by atoms with Crippen molar-refractivity contribution in [1.29, 1.82) is 0 Å². The van der Waals surface area contributed by atoms with Crippen molar-refractivity contribution >= 4 is 33.1 Å². The van der Waals surface area contributed by atoms with Crippen LogP contribution in [0.3, 0.4) is 0 Å². The fraction of sp³-hybridized carbons (Fsp3) is 0.542. The van der Waals surface area contributed by atoms with Gasteiger partial charge in [-0.15, -0.1) is 0 Å². The van der Waals surface area contributed by atoms with Crippen molar-refractivity contribution in [2.45, 2.75) is 50.0 Å². The molecule has 5 rings (SSSR count). The van der Waals surface area contributed by atoms with Crippen molar-refractivity contribution in [3.8, 4) is 0 Å². The second-order valence-corrected chi connectivity index (χ2v) is 12.1. The maximum absolute atomic E-state index is 15.2. The van der Waals surface area contributed by atoms with Crippen molar-refractivity contribution < 1.29 is 21.6 Å². The van der Waals surface area contributed by atoms with E-state index >= 15 is 8.78 Å². The van der Waals surface area contributed by atoms with Crippen LogP contribution >= 0.6 is 11.6 Å². The van der Waals surface area contributed by atoms with Gasteiger partial charge in [0.05, 0.1) is 5.69 Å². The molecular weight excluding hydrogens is 501 g/mol. The zero-order valence-corrected chi connectivity index (χ0v) is 21.0. The van der Waals surface area contributed by atoms with Gasteiger partial charge in [-0.3, -0.25) is 9.62 Å². The number of likely N-dealkylation sites (tertiary alicyclic amines) is 1. The average Bonchev–Trinajstić information content (AvgIpc) is 3.24. The molecule has 0 radical (unpaired) electrons. The first-order valence-electron chi connectivity index (χ1n) is 11.9. The Kier molecular flexibility index (Phi) is 6.42. The molecule has 1 aromatic carbocycles. The molecule has 1 aromatic heterocycles. The number of aromatic nitrogens is 1. The van der Waals surface area contributed by atoms with Crippen LogP contribution in [-0.2, 0) is 10.0 Å². The molecule has 2 aliphatic heterocycles. The lowest BCUT2D eigenvalue weighted by Crippen LogP contribution is -2.58. The molecule has 190 valence electrons. The predicted octanol–water partition coefficient (Wildman–Crippen LogP) is 5.04. The maximum Gasteiger partial charge on any atom is 0.268 e. The van der Waals surface area contributed by atoms with Gasteiger partial charge in [-0.1, -0.05) is 24.6 Å². The van der Waals surface area contributed by atoms with Gasteiger partial charge in [-0.2, -0.15) is 4.39 Å². The highest BCUT2D eigenvalue weighted by atomic mass is 35.5. The third-order valence-electron chi connectivity index (χ3n) is 7.93. The summed E-state index contributed by atoms with van der Waals surface area (Å²) in [4.78, 5) is 6.60. The number of hydrogen-bond donors (Lipinski definition) is 1. The van der Waals surface area contributed by atoms with Crippen LogP contribution in [0.4, 0.5) is 24.7 Å². The Bertz CT molecular complexity index is 1240. The average molecular weight is 529 g/mol. The van der Waals surface area contributed by atoms with E-state index in [2.05, 4.69) is 16.8 Å². The van der Waals surface area contributed by atoms with Gasteiger partial charge in [-0.25, -0.2) is 22.2 Å². The summed E-state index contributed by atoms with van der Waals surface area (Å²) in [5.41, 5.74) is 0.214. The van der Waals surface area contributed by atoms with Gasteiger partial charge in [0.25, 0.3) is 10.0 Å². The highest BCUT2D eigenvalue weighted by molar-refractivity contribution is 7.92. The highest BCUT2D eigenvalue weighted by Crippen LogP contribution is 2.53. The quantitative estimate of drug-likeness (QED) is 0.435. The predicted molar refractivity (Wildman–Crippen MR) is 129 cm³/mol. The number of benzene rings is 1. The van der Waals surface area contributed by atoms with E-state index in [-0.39, 0.29) is 11.1 Å². The Labute approximate surface area is 208 Å². The van der Waals surface area contributed by atoms with E-state index in [1.54, 1.807) is 0 Å². The molecule has 0 bridgehead atoms. The van der Waals surface area contributed by atoms with Crippen LogP contribution < -0.4 is 9.62 Å². The fourth-order valence-electron chi connectivity index (χ4n) is 5.87.